The average Bonchev–Trinajstić information content (AvgIpc) is 3.07. The van der Waals surface area contributed by atoms with E-state index in [-0.39, 0.29) is 41.5 Å². The highest BCUT2D eigenvalue weighted by molar-refractivity contribution is 5.99. The van der Waals surface area contributed by atoms with Crippen LogP contribution >= 0.6 is 0 Å². The molecule has 1 aliphatic carbocycles. The summed E-state index contributed by atoms with van der Waals surface area (Å²) in [5.74, 6) is 0.0336. The number of hydrogen-bond donors (Lipinski definition) is 0. The molecule has 0 spiro atoms. The Morgan fingerprint density at radius 2 is 1.83 bits per heavy atom. The van der Waals surface area contributed by atoms with Crippen molar-refractivity contribution >= 4 is 11.8 Å². The van der Waals surface area contributed by atoms with Crippen molar-refractivity contribution in [2.75, 3.05) is 21.0 Å². The molecule has 0 atom stereocenters. The van der Waals surface area contributed by atoms with Gasteiger partial charge in [-0.25, -0.2) is 0 Å². The maximum atomic E-state index is 12.3. The summed E-state index contributed by atoms with van der Waals surface area (Å²) >= 11 is 0. The van der Waals surface area contributed by atoms with E-state index in [2.05, 4.69) is 0 Å². The first-order chi connectivity index (χ1) is 11.1. The number of benzene rings is 1. The number of hydrogen-bond acceptors (Lipinski definition) is 6. The molecule has 0 bridgehead atoms. The van der Waals surface area contributed by atoms with Crippen LogP contribution in [0.15, 0.2) is 12.1 Å². The fraction of sp³-hybridized carbons (Fsp3) is 0.529. The second kappa shape index (κ2) is 7.97. The number of carbonyl (C=O) groups excluding carboxylic acids is 2. The summed E-state index contributed by atoms with van der Waals surface area (Å²) in [6, 6.07) is 3.16. The number of methoxy groups -OCH3 is 2. The number of esters is 1. The van der Waals surface area contributed by atoms with Crippen LogP contribution in [0.2, 0.25) is 0 Å². The molecule has 1 aromatic carbocycles. The Labute approximate surface area is 135 Å². The minimum atomic E-state index is -0.327. The first kappa shape index (κ1) is 17.3. The van der Waals surface area contributed by atoms with E-state index in [1.54, 1.807) is 12.1 Å². The van der Waals surface area contributed by atoms with Gasteiger partial charge in [0.1, 0.15) is 0 Å². The standard InChI is InChI=1S/C17H22O6/c1-11(18)13-8-9-14(22-10-20-2)16(21-3)15(13)23-17(19)12-6-4-5-7-12/h8-9,12H,4-7,10H2,1-3H3. The van der Waals surface area contributed by atoms with Gasteiger partial charge in [0, 0.05) is 7.11 Å². The lowest BCUT2D eigenvalue weighted by molar-refractivity contribution is -0.138. The molecule has 0 amide bonds. The molecule has 1 fully saturated rings. The van der Waals surface area contributed by atoms with Crippen molar-refractivity contribution in [3.63, 3.8) is 0 Å². The van der Waals surface area contributed by atoms with E-state index in [1.807, 2.05) is 0 Å². The van der Waals surface area contributed by atoms with Gasteiger partial charge in [-0.15, -0.1) is 0 Å². The van der Waals surface area contributed by atoms with E-state index in [0.717, 1.165) is 25.7 Å². The fourth-order valence-corrected chi connectivity index (χ4v) is 2.70. The van der Waals surface area contributed by atoms with Crippen LogP contribution in [-0.4, -0.2) is 32.8 Å². The maximum Gasteiger partial charge on any atom is 0.314 e. The van der Waals surface area contributed by atoms with Gasteiger partial charge in [0.15, 0.2) is 24.1 Å². The van der Waals surface area contributed by atoms with Crippen LogP contribution in [0.3, 0.4) is 0 Å². The zero-order valence-electron chi connectivity index (χ0n) is 13.7. The summed E-state index contributed by atoms with van der Waals surface area (Å²) in [7, 11) is 2.93. The Morgan fingerprint density at radius 1 is 1.13 bits per heavy atom. The molecule has 0 radical (unpaired) electrons. The molecule has 0 unspecified atom stereocenters. The molecule has 23 heavy (non-hydrogen) atoms. The summed E-state index contributed by atoms with van der Waals surface area (Å²) in [5, 5.41) is 0. The second-order valence-electron chi connectivity index (χ2n) is 5.48. The molecule has 0 N–H and O–H groups in total. The molecule has 1 aromatic rings. The minimum Gasteiger partial charge on any atom is -0.490 e. The minimum absolute atomic E-state index is 0.0196. The van der Waals surface area contributed by atoms with Gasteiger partial charge in [-0.3, -0.25) is 9.59 Å². The third-order valence-corrected chi connectivity index (χ3v) is 3.88. The lowest BCUT2D eigenvalue weighted by Gasteiger charge is -2.17. The predicted molar refractivity (Wildman–Crippen MR) is 83.1 cm³/mol. The van der Waals surface area contributed by atoms with Crippen LogP contribution in [0.25, 0.3) is 0 Å². The zero-order chi connectivity index (χ0) is 16.8. The highest BCUT2D eigenvalue weighted by atomic mass is 16.7. The molecule has 0 aromatic heterocycles. The highest BCUT2D eigenvalue weighted by Gasteiger charge is 2.28. The van der Waals surface area contributed by atoms with E-state index in [1.165, 1.54) is 21.1 Å². The first-order valence-corrected chi connectivity index (χ1v) is 7.63. The topological polar surface area (TPSA) is 71.1 Å². The van der Waals surface area contributed by atoms with Crippen LogP contribution < -0.4 is 14.2 Å². The lowest BCUT2D eigenvalue weighted by atomic mass is 10.1. The van der Waals surface area contributed by atoms with E-state index < -0.39 is 0 Å². The molecular formula is C17H22O6. The Morgan fingerprint density at radius 3 is 2.39 bits per heavy atom. The number of Topliss-reactive ketones (excluding diaryl/α,β-unsaturated/α-hetero) is 1. The Hall–Kier alpha value is -2.08. The molecule has 1 saturated carbocycles. The molecular weight excluding hydrogens is 300 g/mol. The van der Waals surface area contributed by atoms with Crippen molar-refractivity contribution in [1.29, 1.82) is 0 Å². The zero-order valence-corrected chi connectivity index (χ0v) is 13.7. The summed E-state index contributed by atoms with van der Waals surface area (Å²) in [4.78, 5) is 24.2. The lowest BCUT2D eigenvalue weighted by Crippen LogP contribution is -2.19. The van der Waals surface area contributed by atoms with Crippen molar-refractivity contribution in [3.8, 4) is 17.2 Å². The van der Waals surface area contributed by atoms with Crippen LogP contribution in [0.5, 0.6) is 17.2 Å². The SMILES string of the molecule is COCOc1ccc(C(C)=O)c(OC(=O)C2CCCC2)c1OC. The van der Waals surface area contributed by atoms with Crippen molar-refractivity contribution in [3.05, 3.63) is 17.7 Å². The maximum absolute atomic E-state index is 12.3. The van der Waals surface area contributed by atoms with Crippen LogP contribution in [0.4, 0.5) is 0 Å². The fourth-order valence-electron chi connectivity index (χ4n) is 2.70. The predicted octanol–water partition coefficient (Wildman–Crippen LogP) is 2.98. The van der Waals surface area contributed by atoms with Crippen LogP contribution in [0.1, 0.15) is 43.0 Å². The van der Waals surface area contributed by atoms with E-state index in [9.17, 15) is 9.59 Å². The smallest absolute Gasteiger partial charge is 0.314 e. The molecule has 6 nitrogen and oxygen atoms in total. The largest absolute Gasteiger partial charge is 0.490 e. The molecule has 2 rings (SSSR count). The number of rotatable bonds is 7. The molecule has 1 aliphatic rings. The van der Waals surface area contributed by atoms with Gasteiger partial charge in [-0.05, 0) is 31.9 Å². The number of ether oxygens (including phenoxy) is 4. The van der Waals surface area contributed by atoms with Gasteiger partial charge in [0.05, 0.1) is 18.6 Å². The number of ketones is 1. The molecule has 126 valence electrons. The highest BCUT2D eigenvalue weighted by Crippen LogP contribution is 2.41. The van der Waals surface area contributed by atoms with Crippen molar-refractivity contribution in [2.45, 2.75) is 32.6 Å². The normalized spacial score (nSPS) is 14.6. The molecule has 0 aliphatic heterocycles. The molecule has 6 heteroatoms. The monoisotopic (exact) mass is 322 g/mol. The van der Waals surface area contributed by atoms with Crippen molar-refractivity contribution in [1.82, 2.24) is 0 Å². The summed E-state index contributed by atoms with van der Waals surface area (Å²) < 4.78 is 21.1. The van der Waals surface area contributed by atoms with Gasteiger partial charge < -0.3 is 18.9 Å². The van der Waals surface area contributed by atoms with Gasteiger partial charge in [0.25, 0.3) is 0 Å². The van der Waals surface area contributed by atoms with Gasteiger partial charge >= 0.3 is 5.97 Å². The van der Waals surface area contributed by atoms with Crippen LogP contribution in [0, 0.1) is 5.92 Å². The summed E-state index contributed by atoms with van der Waals surface area (Å²) in [6.45, 7) is 1.43. The second-order valence-corrected chi connectivity index (χ2v) is 5.48. The third kappa shape index (κ3) is 4.01. The molecule has 0 heterocycles. The van der Waals surface area contributed by atoms with E-state index in [0.29, 0.717) is 5.75 Å². The Kier molecular flexibility index (Phi) is 5.98. The average molecular weight is 322 g/mol. The Balaban J connectivity index is 2.35. The third-order valence-electron chi connectivity index (χ3n) is 3.88. The summed E-state index contributed by atoms with van der Waals surface area (Å²) in [6.07, 6.45) is 3.67. The van der Waals surface area contributed by atoms with Crippen LogP contribution in [-0.2, 0) is 9.53 Å². The summed E-state index contributed by atoms with van der Waals surface area (Å²) in [5.41, 5.74) is 0.290. The van der Waals surface area contributed by atoms with Gasteiger partial charge in [-0.2, -0.15) is 0 Å². The number of carbonyl (C=O) groups is 2. The van der Waals surface area contributed by atoms with Crippen molar-refractivity contribution in [2.24, 2.45) is 5.92 Å². The quantitative estimate of drug-likeness (QED) is 0.333. The van der Waals surface area contributed by atoms with Gasteiger partial charge in [-0.1, -0.05) is 12.8 Å². The van der Waals surface area contributed by atoms with Gasteiger partial charge in [0.2, 0.25) is 5.75 Å². The Bertz CT molecular complexity index is 575. The first-order valence-electron chi connectivity index (χ1n) is 7.63. The van der Waals surface area contributed by atoms with E-state index >= 15 is 0 Å². The van der Waals surface area contributed by atoms with E-state index in [4.69, 9.17) is 18.9 Å². The molecule has 0 saturated heterocycles. The van der Waals surface area contributed by atoms with Crippen molar-refractivity contribution < 1.29 is 28.5 Å².